The van der Waals surface area contributed by atoms with Gasteiger partial charge in [-0.15, -0.1) is 0 Å². The number of hydrogen-bond donors (Lipinski definition) is 0. The van der Waals surface area contributed by atoms with Crippen LogP contribution in [0.25, 0.3) is 5.57 Å². The first kappa shape index (κ1) is 18.7. The van der Waals surface area contributed by atoms with Gasteiger partial charge < -0.3 is 19.6 Å². The highest BCUT2D eigenvalue weighted by atomic mass is 15.5. The minimum absolute atomic E-state index is 0.107. The Morgan fingerprint density at radius 3 is 2.42 bits per heavy atom. The van der Waals surface area contributed by atoms with Gasteiger partial charge >= 0.3 is 0 Å². The molecule has 33 heavy (non-hydrogen) atoms. The van der Waals surface area contributed by atoms with Gasteiger partial charge in [-0.05, 0) is 29.7 Å². The quantitative estimate of drug-likeness (QED) is 0.508. The lowest BCUT2D eigenvalue weighted by molar-refractivity contribution is 0.186. The molecule has 7 rings (SSSR count). The summed E-state index contributed by atoms with van der Waals surface area (Å²) in [4.78, 5) is 19.1. The van der Waals surface area contributed by atoms with Crippen LogP contribution in [-0.4, -0.2) is 41.3 Å². The van der Waals surface area contributed by atoms with Gasteiger partial charge in [0.15, 0.2) is 11.6 Å². The molecule has 1 aromatic heterocycles. The Morgan fingerprint density at radius 2 is 1.58 bits per heavy atom. The van der Waals surface area contributed by atoms with Crippen LogP contribution in [-0.2, 0) is 0 Å². The molecule has 6 nitrogen and oxygen atoms in total. The SMILES string of the molecule is C=C1CC2c3ccccc3N3c4nccnc4N(C)C3C2C2N(C)C=CN2c2ccccc21. The van der Waals surface area contributed by atoms with Crippen molar-refractivity contribution in [2.24, 2.45) is 5.92 Å². The molecular formula is C27H26N6. The molecule has 4 aliphatic heterocycles. The summed E-state index contributed by atoms with van der Waals surface area (Å²) in [7, 11) is 4.36. The Hall–Kier alpha value is -3.80. The van der Waals surface area contributed by atoms with E-state index in [1.807, 2.05) is 0 Å². The van der Waals surface area contributed by atoms with Crippen LogP contribution in [0, 0.1) is 5.92 Å². The summed E-state index contributed by atoms with van der Waals surface area (Å²) < 4.78 is 0. The second-order valence-electron chi connectivity index (χ2n) is 9.45. The van der Waals surface area contributed by atoms with Gasteiger partial charge in [0.2, 0.25) is 0 Å². The zero-order valence-electron chi connectivity index (χ0n) is 18.8. The number of para-hydroxylation sites is 2. The Morgan fingerprint density at radius 1 is 0.848 bits per heavy atom. The Labute approximate surface area is 194 Å². The minimum atomic E-state index is 0.107. The average Bonchev–Trinajstić information content (AvgIpc) is 3.36. The van der Waals surface area contributed by atoms with Gasteiger partial charge in [-0.2, -0.15) is 0 Å². The molecule has 0 spiro atoms. The lowest BCUT2D eigenvalue weighted by Crippen LogP contribution is -2.59. The molecule has 5 heterocycles. The largest absolute Gasteiger partial charge is 0.358 e. The molecule has 0 saturated carbocycles. The Kier molecular flexibility index (Phi) is 3.75. The van der Waals surface area contributed by atoms with E-state index < -0.39 is 0 Å². The van der Waals surface area contributed by atoms with E-state index in [1.54, 1.807) is 12.4 Å². The molecule has 0 amide bonds. The number of rotatable bonds is 0. The third-order valence-corrected chi connectivity index (χ3v) is 7.83. The highest BCUT2D eigenvalue weighted by Crippen LogP contribution is 2.57. The summed E-state index contributed by atoms with van der Waals surface area (Å²) in [6.45, 7) is 4.58. The van der Waals surface area contributed by atoms with E-state index in [0.29, 0.717) is 5.92 Å². The first-order valence-electron chi connectivity index (χ1n) is 11.5. The Bertz CT molecular complexity index is 1320. The first-order valence-corrected chi connectivity index (χ1v) is 11.5. The monoisotopic (exact) mass is 434 g/mol. The van der Waals surface area contributed by atoms with Crippen molar-refractivity contribution >= 4 is 28.6 Å². The van der Waals surface area contributed by atoms with Crippen molar-refractivity contribution in [1.82, 2.24) is 14.9 Å². The molecule has 3 aromatic rings. The maximum absolute atomic E-state index is 4.79. The van der Waals surface area contributed by atoms with Gasteiger partial charge in [-0.1, -0.05) is 43.0 Å². The minimum Gasteiger partial charge on any atom is -0.358 e. The lowest BCUT2D eigenvalue weighted by atomic mass is 9.72. The van der Waals surface area contributed by atoms with Crippen LogP contribution in [0.15, 0.2) is 79.9 Å². The van der Waals surface area contributed by atoms with Crippen molar-refractivity contribution < 1.29 is 0 Å². The third kappa shape index (κ3) is 2.38. The van der Waals surface area contributed by atoms with Crippen molar-refractivity contribution in [3.8, 4) is 0 Å². The van der Waals surface area contributed by atoms with Crippen LogP contribution in [0.3, 0.4) is 0 Å². The van der Waals surface area contributed by atoms with Gasteiger partial charge in [0.05, 0.1) is 5.69 Å². The molecule has 164 valence electrons. The molecule has 0 bridgehead atoms. The van der Waals surface area contributed by atoms with Gasteiger partial charge in [0.1, 0.15) is 12.3 Å². The van der Waals surface area contributed by atoms with Gasteiger partial charge in [0, 0.05) is 62.0 Å². The lowest BCUT2D eigenvalue weighted by Gasteiger charge is -2.52. The maximum atomic E-state index is 4.79. The van der Waals surface area contributed by atoms with Crippen molar-refractivity contribution in [1.29, 1.82) is 0 Å². The highest BCUT2D eigenvalue weighted by Gasteiger charge is 2.55. The number of hydrogen-bond acceptors (Lipinski definition) is 6. The van der Waals surface area contributed by atoms with Crippen molar-refractivity contribution in [2.75, 3.05) is 28.8 Å². The fourth-order valence-electron chi connectivity index (χ4n) is 6.50. The predicted molar refractivity (Wildman–Crippen MR) is 132 cm³/mol. The van der Waals surface area contributed by atoms with Crippen LogP contribution in [0.1, 0.15) is 23.5 Å². The molecular weight excluding hydrogens is 408 g/mol. The van der Waals surface area contributed by atoms with Crippen LogP contribution in [0.2, 0.25) is 0 Å². The van der Waals surface area contributed by atoms with Gasteiger partial charge in [0.25, 0.3) is 0 Å². The van der Waals surface area contributed by atoms with E-state index in [-0.39, 0.29) is 18.2 Å². The smallest absolute Gasteiger partial charge is 0.178 e. The number of allylic oxidation sites excluding steroid dienone is 1. The molecule has 0 aliphatic carbocycles. The van der Waals surface area contributed by atoms with Gasteiger partial charge in [-0.25, -0.2) is 9.97 Å². The van der Waals surface area contributed by atoms with E-state index >= 15 is 0 Å². The number of aromatic nitrogens is 2. The van der Waals surface area contributed by atoms with Gasteiger partial charge in [-0.3, -0.25) is 0 Å². The second-order valence-corrected chi connectivity index (χ2v) is 9.45. The number of fused-ring (bicyclic) bond motifs is 12. The van der Waals surface area contributed by atoms with E-state index in [4.69, 9.17) is 9.97 Å². The summed E-state index contributed by atoms with van der Waals surface area (Å²) in [6, 6.07) is 17.5. The van der Waals surface area contributed by atoms with E-state index in [9.17, 15) is 0 Å². The van der Waals surface area contributed by atoms with E-state index in [0.717, 1.165) is 18.1 Å². The normalized spacial score (nSPS) is 26.7. The number of nitrogens with zero attached hydrogens (tertiary/aromatic N) is 6. The first-order chi connectivity index (χ1) is 16.1. The molecule has 2 aromatic carbocycles. The summed E-state index contributed by atoms with van der Waals surface area (Å²) in [5.74, 6) is 2.47. The van der Waals surface area contributed by atoms with Crippen LogP contribution in [0.5, 0.6) is 0 Å². The molecule has 4 aliphatic rings. The average molecular weight is 435 g/mol. The summed E-state index contributed by atoms with van der Waals surface area (Å²) in [6.07, 6.45) is 9.22. The molecule has 0 fully saturated rings. The standard InChI is InChI=1S/C27H26N6/c1-17-16-20-19-9-5-7-11-22(19)33-25-24(28-12-13-29-25)31(3)27(33)23(20)26-30(2)14-15-32(26)21-10-6-4-8-18(17)21/h4-15,20,23,26-27H,1,16H2,2-3H3. The third-order valence-electron chi connectivity index (χ3n) is 7.83. The van der Waals surface area contributed by atoms with Crippen LogP contribution < -0.4 is 14.7 Å². The van der Waals surface area contributed by atoms with E-state index in [2.05, 4.69) is 101 Å². The summed E-state index contributed by atoms with van der Waals surface area (Å²) in [5, 5.41) is 0. The molecule has 0 saturated heterocycles. The molecule has 4 unspecified atom stereocenters. The maximum Gasteiger partial charge on any atom is 0.178 e. The van der Waals surface area contributed by atoms with Crippen LogP contribution >= 0.6 is 0 Å². The summed E-state index contributed by atoms with van der Waals surface area (Å²) >= 11 is 0. The fourth-order valence-corrected chi connectivity index (χ4v) is 6.50. The van der Waals surface area contributed by atoms with Crippen molar-refractivity contribution in [3.05, 3.63) is 91.0 Å². The summed E-state index contributed by atoms with van der Waals surface area (Å²) in [5.41, 5.74) is 6.27. The number of anilines is 4. The zero-order chi connectivity index (χ0) is 22.3. The van der Waals surface area contributed by atoms with Crippen LogP contribution in [0.4, 0.5) is 23.0 Å². The predicted octanol–water partition coefficient (Wildman–Crippen LogP) is 4.77. The highest BCUT2D eigenvalue weighted by molar-refractivity contribution is 5.83. The zero-order valence-corrected chi connectivity index (χ0v) is 18.8. The number of benzene rings is 2. The van der Waals surface area contributed by atoms with Crippen molar-refractivity contribution in [3.63, 3.8) is 0 Å². The molecule has 6 heteroatoms. The topological polar surface area (TPSA) is 38.7 Å². The fraction of sp³-hybridized carbons (Fsp3) is 0.259. The molecule has 0 N–H and O–H groups in total. The van der Waals surface area contributed by atoms with Crippen molar-refractivity contribution in [2.45, 2.75) is 24.7 Å². The van der Waals surface area contributed by atoms with E-state index in [1.165, 1.54) is 28.1 Å². The Balaban J connectivity index is 1.50. The molecule has 4 atom stereocenters. The molecule has 0 radical (unpaired) electrons. The second kappa shape index (κ2) is 6.61.